The molecule has 0 aliphatic heterocycles. The van der Waals surface area contributed by atoms with E-state index in [2.05, 4.69) is 46.5 Å². The van der Waals surface area contributed by atoms with Crippen molar-refractivity contribution < 1.29 is 0 Å². The number of hydrogen-bond donors (Lipinski definition) is 1. The smallest absolute Gasteiger partial charge is 0.151 e. The first-order chi connectivity index (χ1) is 8.72. The highest BCUT2D eigenvalue weighted by Crippen LogP contribution is 2.29. The zero-order valence-electron chi connectivity index (χ0n) is 11.7. The molecule has 100 valence electrons. The summed E-state index contributed by atoms with van der Waals surface area (Å²) in [4.78, 5) is 2.31. The van der Waals surface area contributed by atoms with Gasteiger partial charge in [0.15, 0.2) is 5.82 Å². The van der Waals surface area contributed by atoms with Gasteiger partial charge in [-0.05, 0) is 37.9 Å². The van der Waals surface area contributed by atoms with Crippen LogP contribution in [0.5, 0.6) is 0 Å². The van der Waals surface area contributed by atoms with Crippen LogP contribution in [0.4, 0.5) is 5.82 Å². The van der Waals surface area contributed by atoms with Crippen LogP contribution in [0.25, 0.3) is 0 Å². The Morgan fingerprint density at radius 3 is 2.67 bits per heavy atom. The maximum Gasteiger partial charge on any atom is 0.151 e. The van der Waals surface area contributed by atoms with Crippen LogP contribution in [-0.4, -0.2) is 30.3 Å². The highest BCUT2D eigenvalue weighted by molar-refractivity contribution is 5.38. The fraction of sp³-hybridized carbons (Fsp3) is 0.714. The Balaban J connectivity index is 2.05. The van der Waals surface area contributed by atoms with Gasteiger partial charge in [0, 0.05) is 19.6 Å². The quantitative estimate of drug-likeness (QED) is 0.887. The molecule has 18 heavy (non-hydrogen) atoms. The van der Waals surface area contributed by atoms with E-state index in [9.17, 15) is 0 Å². The molecule has 2 atom stereocenters. The van der Waals surface area contributed by atoms with Crippen LogP contribution in [0, 0.1) is 5.92 Å². The summed E-state index contributed by atoms with van der Waals surface area (Å²) in [5, 5.41) is 11.7. The van der Waals surface area contributed by atoms with Crippen molar-refractivity contribution in [3.05, 3.63) is 17.8 Å². The Bertz CT molecular complexity index is 363. The summed E-state index contributed by atoms with van der Waals surface area (Å²) >= 11 is 0. The maximum absolute atomic E-state index is 4.34. The van der Waals surface area contributed by atoms with Crippen LogP contribution in [0.3, 0.4) is 0 Å². The van der Waals surface area contributed by atoms with Gasteiger partial charge in [0.1, 0.15) is 0 Å². The van der Waals surface area contributed by atoms with Gasteiger partial charge in [-0.2, -0.15) is 5.10 Å². The topological polar surface area (TPSA) is 41.0 Å². The molecule has 0 saturated heterocycles. The summed E-state index contributed by atoms with van der Waals surface area (Å²) < 4.78 is 0. The summed E-state index contributed by atoms with van der Waals surface area (Å²) in [5.41, 5.74) is 0.992. The van der Waals surface area contributed by atoms with Crippen LogP contribution < -0.4 is 10.2 Å². The molecule has 4 heteroatoms. The Labute approximate surface area is 110 Å². The number of rotatable bonds is 4. The van der Waals surface area contributed by atoms with Gasteiger partial charge in [-0.15, -0.1) is 5.10 Å². The lowest BCUT2D eigenvalue weighted by atomic mass is 9.85. The Kier molecular flexibility index (Phi) is 4.53. The van der Waals surface area contributed by atoms with Gasteiger partial charge in [0.2, 0.25) is 0 Å². The van der Waals surface area contributed by atoms with Gasteiger partial charge in [0.05, 0.1) is 5.69 Å². The van der Waals surface area contributed by atoms with Gasteiger partial charge in [-0.25, -0.2) is 0 Å². The minimum atomic E-state index is 0.614. The van der Waals surface area contributed by atoms with Gasteiger partial charge in [0.25, 0.3) is 0 Å². The third kappa shape index (κ3) is 2.99. The van der Waals surface area contributed by atoms with Gasteiger partial charge in [-0.3, -0.25) is 0 Å². The molecule has 2 rings (SSSR count). The van der Waals surface area contributed by atoms with E-state index in [4.69, 9.17) is 0 Å². The molecule has 1 heterocycles. The first kappa shape index (κ1) is 13.3. The lowest BCUT2D eigenvalue weighted by Crippen LogP contribution is -2.39. The molecule has 2 unspecified atom stereocenters. The van der Waals surface area contributed by atoms with Crippen molar-refractivity contribution in [2.24, 2.45) is 5.92 Å². The van der Waals surface area contributed by atoms with Crippen LogP contribution >= 0.6 is 0 Å². The van der Waals surface area contributed by atoms with Crippen molar-refractivity contribution in [2.75, 3.05) is 19.0 Å². The third-order valence-corrected chi connectivity index (χ3v) is 3.99. The minimum Gasteiger partial charge on any atom is -0.355 e. The largest absolute Gasteiger partial charge is 0.355 e. The van der Waals surface area contributed by atoms with E-state index in [0.29, 0.717) is 6.04 Å². The van der Waals surface area contributed by atoms with E-state index in [-0.39, 0.29) is 0 Å². The fourth-order valence-corrected chi connectivity index (χ4v) is 2.86. The summed E-state index contributed by atoms with van der Waals surface area (Å²) in [6.45, 7) is 3.12. The van der Waals surface area contributed by atoms with E-state index in [1.807, 2.05) is 7.05 Å². The van der Waals surface area contributed by atoms with Gasteiger partial charge in [-0.1, -0.05) is 19.8 Å². The fourth-order valence-electron chi connectivity index (χ4n) is 2.86. The monoisotopic (exact) mass is 248 g/mol. The molecular weight excluding hydrogens is 224 g/mol. The van der Waals surface area contributed by atoms with Crippen LogP contribution in [0.2, 0.25) is 0 Å². The number of hydrogen-bond acceptors (Lipinski definition) is 4. The second-order valence-electron chi connectivity index (χ2n) is 5.35. The standard InChI is InChI=1S/C14H24N4/c1-11-6-4-5-7-13(11)18(3)14-9-8-12(10-15-2)16-17-14/h8-9,11,13,15H,4-7,10H2,1-3H3. The Hall–Kier alpha value is -1.16. The van der Waals surface area contributed by atoms with Crippen molar-refractivity contribution in [3.63, 3.8) is 0 Å². The molecule has 0 radical (unpaired) electrons. The normalized spacial score (nSPS) is 23.9. The lowest BCUT2D eigenvalue weighted by molar-refractivity contribution is 0.320. The average molecular weight is 248 g/mol. The van der Waals surface area contributed by atoms with Crippen molar-refractivity contribution in [2.45, 2.75) is 45.2 Å². The predicted molar refractivity (Wildman–Crippen MR) is 74.6 cm³/mol. The first-order valence-corrected chi connectivity index (χ1v) is 6.92. The molecule has 0 spiro atoms. The second-order valence-corrected chi connectivity index (χ2v) is 5.35. The molecule has 0 bridgehead atoms. The molecule has 1 aromatic heterocycles. The third-order valence-electron chi connectivity index (χ3n) is 3.99. The summed E-state index contributed by atoms with van der Waals surface area (Å²) in [6.07, 6.45) is 5.32. The number of nitrogens with one attached hydrogen (secondary N) is 1. The number of anilines is 1. The molecule has 1 aliphatic carbocycles. The van der Waals surface area contributed by atoms with Crippen LogP contribution in [0.15, 0.2) is 12.1 Å². The zero-order chi connectivity index (χ0) is 13.0. The van der Waals surface area contributed by atoms with Crippen molar-refractivity contribution in [3.8, 4) is 0 Å². The maximum atomic E-state index is 4.34. The number of aromatic nitrogens is 2. The molecule has 1 aliphatic rings. The molecule has 0 aromatic carbocycles. The molecule has 1 saturated carbocycles. The second kappa shape index (κ2) is 6.14. The van der Waals surface area contributed by atoms with E-state index in [1.54, 1.807) is 0 Å². The SMILES string of the molecule is CNCc1ccc(N(C)C2CCCCC2C)nn1. The van der Waals surface area contributed by atoms with Gasteiger partial charge >= 0.3 is 0 Å². The van der Waals surface area contributed by atoms with E-state index >= 15 is 0 Å². The predicted octanol–water partition coefficient (Wildman–Crippen LogP) is 2.21. The Morgan fingerprint density at radius 1 is 1.28 bits per heavy atom. The summed E-state index contributed by atoms with van der Waals surface area (Å²) in [6, 6.07) is 4.76. The highest BCUT2D eigenvalue weighted by Gasteiger charge is 2.25. The first-order valence-electron chi connectivity index (χ1n) is 6.92. The van der Waals surface area contributed by atoms with Crippen molar-refractivity contribution in [1.82, 2.24) is 15.5 Å². The minimum absolute atomic E-state index is 0.614. The molecule has 4 nitrogen and oxygen atoms in total. The van der Waals surface area contributed by atoms with Crippen molar-refractivity contribution in [1.29, 1.82) is 0 Å². The summed E-state index contributed by atoms with van der Waals surface area (Å²) in [5.74, 6) is 1.75. The van der Waals surface area contributed by atoms with Gasteiger partial charge < -0.3 is 10.2 Å². The average Bonchev–Trinajstić information content (AvgIpc) is 2.40. The molecule has 1 fully saturated rings. The van der Waals surface area contributed by atoms with E-state index in [0.717, 1.165) is 24.0 Å². The summed E-state index contributed by atoms with van der Waals surface area (Å²) in [7, 11) is 4.07. The van der Waals surface area contributed by atoms with Crippen molar-refractivity contribution >= 4 is 5.82 Å². The number of nitrogens with zero attached hydrogens (tertiary/aromatic N) is 3. The molecule has 1 N–H and O–H groups in total. The Morgan fingerprint density at radius 2 is 2.06 bits per heavy atom. The highest BCUT2D eigenvalue weighted by atomic mass is 15.3. The van der Waals surface area contributed by atoms with Crippen LogP contribution in [-0.2, 0) is 6.54 Å². The lowest BCUT2D eigenvalue weighted by Gasteiger charge is -2.36. The van der Waals surface area contributed by atoms with E-state index in [1.165, 1.54) is 25.7 Å². The molecular formula is C14H24N4. The molecule has 1 aromatic rings. The zero-order valence-corrected chi connectivity index (χ0v) is 11.7. The van der Waals surface area contributed by atoms with Crippen LogP contribution in [0.1, 0.15) is 38.3 Å². The molecule has 0 amide bonds. The van der Waals surface area contributed by atoms with E-state index < -0.39 is 0 Å².